The van der Waals surface area contributed by atoms with Gasteiger partial charge in [-0.2, -0.15) is 0 Å². The number of nitrogens with zero attached hydrogens (tertiary/aromatic N) is 1. The van der Waals surface area contributed by atoms with Crippen LogP contribution in [0, 0.1) is 0 Å². The maximum Gasteiger partial charge on any atom is 0.335 e. The van der Waals surface area contributed by atoms with Crippen LogP contribution < -0.4 is 5.32 Å². The number of pyridine rings is 1. The number of carboxylic acid groups (broad SMARTS) is 1. The lowest BCUT2D eigenvalue weighted by atomic mass is 10.1. The highest BCUT2D eigenvalue weighted by Crippen LogP contribution is 2.25. The molecular weight excluding hydrogens is 240 g/mol. The van der Waals surface area contributed by atoms with Crippen molar-refractivity contribution in [2.24, 2.45) is 0 Å². The van der Waals surface area contributed by atoms with Gasteiger partial charge in [0.25, 0.3) is 0 Å². The number of nitrogens with one attached hydrogen (secondary N) is 1. The highest BCUT2D eigenvalue weighted by atomic mass is 16.4. The molecule has 19 heavy (non-hydrogen) atoms. The van der Waals surface area contributed by atoms with E-state index in [0.29, 0.717) is 11.6 Å². The molecule has 1 fully saturated rings. The van der Waals surface area contributed by atoms with Gasteiger partial charge in [0.1, 0.15) is 5.82 Å². The first-order chi connectivity index (χ1) is 9.22. The largest absolute Gasteiger partial charge is 0.478 e. The normalized spacial score (nSPS) is 14.1. The molecule has 1 heterocycles. The molecule has 96 valence electrons. The number of hydrogen-bond donors (Lipinski definition) is 2. The standard InChI is InChI=1S/C15H14N2O2/c18-15(19)11-3-1-10(2-4-11)12-5-8-14(16-9-12)17-13-6-7-13/h1-5,8-9,13H,6-7H2,(H,16,17)(H,18,19). The average molecular weight is 254 g/mol. The molecule has 0 bridgehead atoms. The van der Waals surface area contributed by atoms with Crippen LogP contribution in [0.1, 0.15) is 23.2 Å². The van der Waals surface area contributed by atoms with Crippen molar-refractivity contribution < 1.29 is 9.90 Å². The maximum absolute atomic E-state index is 10.8. The summed E-state index contributed by atoms with van der Waals surface area (Å²) in [5.74, 6) is -0.0120. The number of carbonyl (C=O) groups is 1. The average Bonchev–Trinajstić information content (AvgIpc) is 3.24. The van der Waals surface area contributed by atoms with E-state index in [-0.39, 0.29) is 0 Å². The highest BCUT2D eigenvalue weighted by molar-refractivity contribution is 5.88. The van der Waals surface area contributed by atoms with E-state index in [1.807, 2.05) is 12.1 Å². The lowest BCUT2D eigenvalue weighted by molar-refractivity contribution is 0.0697. The molecular formula is C15H14N2O2. The third-order valence-corrected chi connectivity index (χ3v) is 3.16. The fourth-order valence-electron chi connectivity index (χ4n) is 1.89. The zero-order valence-corrected chi connectivity index (χ0v) is 10.3. The highest BCUT2D eigenvalue weighted by Gasteiger charge is 2.20. The van der Waals surface area contributed by atoms with Crippen molar-refractivity contribution >= 4 is 11.8 Å². The van der Waals surface area contributed by atoms with Gasteiger partial charge < -0.3 is 10.4 Å². The van der Waals surface area contributed by atoms with Crippen molar-refractivity contribution in [1.29, 1.82) is 0 Å². The molecule has 1 aromatic carbocycles. The first kappa shape index (κ1) is 11.7. The van der Waals surface area contributed by atoms with E-state index in [0.717, 1.165) is 16.9 Å². The van der Waals surface area contributed by atoms with Crippen LogP contribution in [-0.4, -0.2) is 22.1 Å². The van der Waals surface area contributed by atoms with Gasteiger partial charge in [0, 0.05) is 17.8 Å². The molecule has 2 N–H and O–H groups in total. The first-order valence-corrected chi connectivity index (χ1v) is 6.29. The van der Waals surface area contributed by atoms with Crippen LogP contribution in [0.4, 0.5) is 5.82 Å². The molecule has 4 nitrogen and oxygen atoms in total. The second-order valence-electron chi connectivity index (χ2n) is 4.73. The lowest BCUT2D eigenvalue weighted by Gasteiger charge is -2.05. The Morgan fingerprint density at radius 3 is 2.32 bits per heavy atom. The van der Waals surface area contributed by atoms with E-state index >= 15 is 0 Å². The second kappa shape index (κ2) is 4.72. The Bertz CT molecular complexity index is 587. The maximum atomic E-state index is 10.8. The molecule has 0 radical (unpaired) electrons. The van der Waals surface area contributed by atoms with Crippen LogP contribution in [0.2, 0.25) is 0 Å². The molecule has 3 rings (SSSR count). The Morgan fingerprint density at radius 1 is 1.11 bits per heavy atom. The number of anilines is 1. The molecule has 1 saturated carbocycles. The Morgan fingerprint density at radius 2 is 1.79 bits per heavy atom. The topological polar surface area (TPSA) is 62.2 Å². The third-order valence-electron chi connectivity index (χ3n) is 3.16. The van der Waals surface area contributed by atoms with Crippen LogP contribution >= 0.6 is 0 Å². The second-order valence-corrected chi connectivity index (χ2v) is 4.73. The number of aromatic nitrogens is 1. The van der Waals surface area contributed by atoms with E-state index in [9.17, 15) is 4.79 Å². The summed E-state index contributed by atoms with van der Waals surface area (Å²) in [4.78, 5) is 15.1. The summed E-state index contributed by atoms with van der Waals surface area (Å²) in [5.41, 5.74) is 2.25. The summed E-state index contributed by atoms with van der Waals surface area (Å²) in [6.07, 6.45) is 4.25. The molecule has 0 saturated heterocycles. The van der Waals surface area contributed by atoms with Crippen LogP contribution in [0.5, 0.6) is 0 Å². The minimum atomic E-state index is -0.909. The molecule has 2 aromatic rings. The number of aromatic carboxylic acids is 1. The van der Waals surface area contributed by atoms with Crippen molar-refractivity contribution in [3.63, 3.8) is 0 Å². The first-order valence-electron chi connectivity index (χ1n) is 6.29. The Kier molecular flexibility index (Phi) is 2.91. The van der Waals surface area contributed by atoms with Gasteiger partial charge >= 0.3 is 5.97 Å². The van der Waals surface area contributed by atoms with Gasteiger partial charge in [-0.15, -0.1) is 0 Å². The number of benzene rings is 1. The molecule has 0 unspecified atom stereocenters. The molecule has 0 atom stereocenters. The van der Waals surface area contributed by atoms with Crippen molar-refractivity contribution in [3.05, 3.63) is 48.2 Å². The van der Waals surface area contributed by atoms with E-state index < -0.39 is 5.97 Å². The fraction of sp³-hybridized carbons (Fsp3) is 0.200. The molecule has 1 aliphatic rings. The van der Waals surface area contributed by atoms with E-state index in [4.69, 9.17) is 5.11 Å². The lowest BCUT2D eigenvalue weighted by Crippen LogP contribution is -2.02. The summed E-state index contributed by atoms with van der Waals surface area (Å²) in [5, 5.41) is 12.2. The number of carboxylic acids is 1. The predicted octanol–water partition coefficient (Wildman–Crippen LogP) is 3.02. The van der Waals surface area contributed by atoms with E-state index in [1.165, 1.54) is 12.8 Å². The summed E-state index contributed by atoms with van der Waals surface area (Å²) in [6, 6.07) is 11.4. The Labute approximate surface area is 111 Å². The monoisotopic (exact) mass is 254 g/mol. The Balaban J connectivity index is 1.78. The summed E-state index contributed by atoms with van der Waals surface area (Å²) >= 11 is 0. The molecule has 4 heteroatoms. The van der Waals surface area contributed by atoms with Crippen molar-refractivity contribution in [2.75, 3.05) is 5.32 Å². The molecule has 1 aromatic heterocycles. The summed E-state index contributed by atoms with van der Waals surface area (Å²) in [7, 11) is 0. The third kappa shape index (κ3) is 2.73. The van der Waals surface area contributed by atoms with Crippen molar-refractivity contribution in [3.8, 4) is 11.1 Å². The zero-order valence-electron chi connectivity index (χ0n) is 10.3. The molecule has 0 amide bonds. The smallest absolute Gasteiger partial charge is 0.335 e. The predicted molar refractivity (Wildman–Crippen MR) is 73.3 cm³/mol. The van der Waals surface area contributed by atoms with Gasteiger partial charge in [-0.05, 0) is 42.7 Å². The number of rotatable bonds is 4. The van der Waals surface area contributed by atoms with Gasteiger partial charge in [-0.1, -0.05) is 12.1 Å². The Hall–Kier alpha value is -2.36. The van der Waals surface area contributed by atoms with Crippen LogP contribution in [0.25, 0.3) is 11.1 Å². The summed E-state index contributed by atoms with van der Waals surface area (Å²) < 4.78 is 0. The molecule has 0 aliphatic heterocycles. The molecule has 0 spiro atoms. The number of hydrogen-bond acceptors (Lipinski definition) is 3. The zero-order chi connectivity index (χ0) is 13.2. The van der Waals surface area contributed by atoms with E-state index in [2.05, 4.69) is 10.3 Å². The summed E-state index contributed by atoms with van der Waals surface area (Å²) in [6.45, 7) is 0. The van der Waals surface area contributed by atoms with Gasteiger partial charge in [0.2, 0.25) is 0 Å². The van der Waals surface area contributed by atoms with Crippen molar-refractivity contribution in [1.82, 2.24) is 4.98 Å². The fourth-order valence-corrected chi connectivity index (χ4v) is 1.89. The van der Waals surface area contributed by atoms with Gasteiger partial charge in [0.05, 0.1) is 5.56 Å². The van der Waals surface area contributed by atoms with Gasteiger partial charge in [-0.3, -0.25) is 0 Å². The van der Waals surface area contributed by atoms with Crippen molar-refractivity contribution in [2.45, 2.75) is 18.9 Å². The minimum absolute atomic E-state index is 0.295. The minimum Gasteiger partial charge on any atom is -0.478 e. The van der Waals surface area contributed by atoms with Crippen LogP contribution in [0.15, 0.2) is 42.6 Å². The SMILES string of the molecule is O=C(O)c1ccc(-c2ccc(NC3CC3)nc2)cc1. The van der Waals surface area contributed by atoms with Crippen LogP contribution in [0.3, 0.4) is 0 Å². The quantitative estimate of drug-likeness (QED) is 0.880. The van der Waals surface area contributed by atoms with Gasteiger partial charge in [-0.25, -0.2) is 9.78 Å². The molecule has 1 aliphatic carbocycles. The van der Waals surface area contributed by atoms with Gasteiger partial charge in [0.15, 0.2) is 0 Å². The van der Waals surface area contributed by atoms with E-state index in [1.54, 1.807) is 30.5 Å². The van der Waals surface area contributed by atoms with Crippen LogP contribution in [-0.2, 0) is 0 Å².